The van der Waals surface area contributed by atoms with E-state index in [2.05, 4.69) is 43.5 Å². The van der Waals surface area contributed by atoms with Crippen LogP contribution in [0.1, 0.15) is 41.7 Å². The Kier molecular flexibility index (Phi) is 11.0. The molecule has 0 unspecified atom stereocenters. The fourth-order valence-corrected chi connectivity index (χ4v) is 6.91. The fraction of sp³-hybridized carbons (Fsp3) is 0.440. The van der Waals surface area contributed by atoms with Crippen molar-refractivity contribution >= 4 is 30.5 Å². The molecular formula is C25H36N2O2PY+. The quantitative estimate of drug-likeness (QED) is 0.432. The SMILES string of the molecule is CC[P+](CC)(CC(=O)Nc1c(C)cccc1C)CC(=O)Nc1c(C)cc(C)cc1C.[Y]. The molecule has 0 fully saturated rings. The van der Waals surface area contributed by atoms with E-state index in [4.69, 9.17) is 0 Å². The number of aryl methyl sites for hydroxylation is 5. The summed E-state index contributed by atoms with van der Waals surface area (Å²) in [6.07, 6.45) is 2.63. The number of benzene rings is 2. The van der Waals surface area contributed by atoms with Gasteiger partial charge in [-0.1, -0.05) is 35.9 Å². The van der Waals surface area contributed by atoms with Crippen molar-refractivity contribution in [3.63, 3.8) is 0 Å². The Morgan fingerprint density at radius 1 is 0.742 bits per heavy atom. The zero-order chi connectivity index (χ0) is 22.5. The van der Waals surface area contributed by atoms with Gasteiger partial charge in [0.15, 0.2) is 0 Å². The standard InChI is InChI=1S/C25H35N2O2P.Y/c1-8-30(9-2,15-22(28)26-24-18(4)11-10-12-19(24)5)16-23(29)27-25-20(6)13-17(3)14-21(25)7;/h10-14H,8-9,15-16H2,1-7H3,(H-,26,27,28,29);/p+1. The molecule has 31 heavy (non-hydrogen) atoms. The van der Waals surface area contributed by atoms with Gasteiger partial charge in [0.25, 0.3) is 11.8 Å². The minimum Gasteiger partial charge on any atom is -0.322 e. The molecule has 2 rings (SSSR count). The van der Waals surface area contributed by atoms with Gasteiger partial charge in [-0.25, -0.2) is 0 Å². The van der Waals surface area contributed by atoms with Crippen molar-refractivity contribution in [2.45, 2.75) is 48.5 Å². The molecule has 4 nitrogen and oxygen atoms in total. The molecule has 0 aliphatic heterocycles. The number of hydrogen-bond donors (Lipinski definition) is 2. The molecule has 0 atom stereocenters. The molecule has 6 heteroatoms. The summed E-state index contributed by atoms with van der Waals surface area (Å²) in [6, 6.07) is 10.2. The predicted molar refractivity (Wildman–Crippen MR) is 132 cm³/mol. The maximum absolute atomic E-state index is 13.0. The Morgan fingerprint density at radius 3 is 1.52 bits per heavy atom. The van der Waals surface area contributed by atoms with E-state index in [1.807, 2.05) is 45.9 Å². The van der Waals surface area contributed by atoms with Crippen LogP contribution in [0.2, 0.25) is 0 Å². The minimum atomic E-state index is -1.74. The molecule has 2 amide bonds. The van der Waals surface area contributed by atoms with Crippen LogP contribution in [0.15, 0.2) is 30.3 Å². The van der Waals surface area contributed by atoms with Crippen molar-refractivity contribution < 1.29 is 42.3 Å². The van der Waals surface area contributed by atoms with Gasteiger partial charge in [0, 0.05) is 51.3 Å². The van der Waals surface area contributed by atoms with Crippen molar-refractivity contribution in [2.75, 3.05) is 35.3 Å². The molecule has 0 bridgehead atoms. The van der Waals surface area contributed by atoms with Crippen LogP contribution >= 0.6 is 7.26 Å². The van der Waals surface area contributed by atoms with Crippen molar-refractivity contribution in [3.8, 4) is 0 Å². The Hall–Kier alpha value is -1.09. The smallest absolute Gasteiger partial charge is 0.261 e. The van der Waals surface area contributed by atoms with Gasteiger partial charge >= 0.3 is 0 Å². The Balaban J connectivity index is 0.00000480. The van der Waals surface area contributed by atoms with E-state index in [9.17, 15) is 9.59 Å². The first-order valence-corrected chi connectivity index (χ1v) is 13.2. The van der Waals surface area contributed by atoms with Crippen LogP contribution < -0.4 is 10.6 Å². The molecule has 1 radical (unpaired) electrons. The van der Waals surface area contributed by atoms with Gasteiger partial charge in [-0.3, -0.25) is 9.59 Å². The van der Waals surface area contributed by atoms with Crippen LogP contribution in [0.25, 0.3) is 0 Å². The number of hydrogen-bond acceptors (Lipinski definition) is 2. The number of anilines is 2. The maximum atomic E-state index is 13.0. The van der Waals surface area contributed by atoms with Crippen molar-refractivity contribution in [2.24, 2.45) is 0 Å². The van der Waals surface area contributed by atoms with Crippen LogP contribution in [0.3, 0.4) is 0 Å². The van der Waals surface area contributed by atoms with E-state index < -0.39 is 7.26 Å². The molecule has 0 aliphatic rings. The minimum absolute atomic E-state index is 0. The van der Waals surface area contributed by atoms with Gasteiger partial charge in [0.05, 0.1) is 12.3 Å². The van der Waals surface area contributed by atoms with Gasteiger partial charge < -0.3 is 10.6 Å². The summed E-state index contributed by atoms with van der Waals surface area (Å²) in [5, 5.41) is 6.23. The fourth-order valence-electron chi connectivity index (χ4n) is 4.08. The van der Waals surface area contributed by atoms with E-state index in [-0.39, 0.29) is 44.5 Å². The number of rotatable bonds is 8. The molecule has 0 aliphatic carbocycles. The number of para-hydroxylation sites is 1. The summed E-state index contributed by atoms with van der Waals surface area (Å²) in [5.41, 5.74) is 7.25. The Morgan fingerprint density at radius 2 is 1.13 bits per heavy atom. The second-order valence-electron chi connectivity index (χ2n) is 8.43. The first kappa shape index (κ1) is 27.9. The zero-order valence-corrected chi connectivity index (χ0v) is 23.8. The van der Waals surface area contributed by atoms with Crippen LogP contribution in [0.4, 0.5) is 11.4 Å². The summed E-state index contributed by atoms with van der Waals surface area (Å²) < 4.78 is 0. The molecule has 0 aromatic heterocycles. The molecule has 0 heterocycles. The number of carbonyl (C=O) groups excluding carboxylic acids is 2. The first-order valence-electron chi connectivity index (χ1n) is 10.7. The second-order valence-corrected chi connectivity index (χ2v) is 13.0. The molecule has 2 aromatic carbocycles. The average Bonchev–Trinajstić information content (AvgIpc) is 2.67. The van der Waals surface area contributed by atoms with Gasteiger partial charge in [-0.05, 0) is 70.7 Å². The van der Waals surface area contributed by atoms with Crippen LogP contribution in [-0.2, 0) is 42.3 Å². The van der Waals surface area contributed by atoms with E-state index >= 15 is 0 Å². The van der Waals surface area contributed by atoms with Crippen LogP contribution in [0, 0.1) is 34.6 Å². The Bertz CT molecular complexity index is 896. The summed E-state index contributed by atoms with van der Waals surface area (Å²) in [5.74, 6) is 0.0295. The van der Waals surface area contributed by atoms with Crippen molar-refractivity contribution in [1.29, 1.82) is 0 Å². The third-order valence-corrected chi connectivity index (χ3v) is 10.6. The third-order valence-electron chi connectivity index (χ3n) is 5.99. The molecule has 0 spiro atoms. The number of carbonyl (C=O) groups is 2. The topological polar surface area (TPSA) is 58.2 Å². The van der Waals surface area contributed by atoms with Crippen LogP contribution in [0.5, 0.6) is 0 Å². The van der Waals surface area contributed by atoms with E-state index in [1.165, 1.54) is 5.56 Å². The molecular weight excluding hydrogens is 480 g/mol. The number of amides is 2. The summed E-state index contributed by atoms with van der Waals surface area (Å²) >= 11 is 0. The monoisotopic (exact) mass is 516 g/mol. The molecule has 0 saturated heterocycles. The summed E-state index contributed by atoms with van der Waals surface area (Å²) in [7, 11) is -1.74. The summed E-state index contributed by atoms with van der Waals surface area (Å²) in [6.45, 7) is 14.3. The normalized spacial score (nSPS) is 10.9. The van der Waals surface area contributed by atoms with E-state index in [0.717, 1.165) is 46.0 Å². The van der Waals surface area contributed by atoms with Crippen LogP contribution in [-0.4, -0.2) is 36.5 Å². The molecule has 0 saturated carbocycles. The molecule has 2 aromatic rings. The first-order chi connectivity index (χ1) is 14.1. The van der Waals surface area contributed by atoms with Gasteiger partial charge in [0.2, 0.25) is 0 Å². The van der Waals surface area contributed by atoms with Gasteiger partial charge in [-0.15, -0.1) is 0 Å². The van der Waals surface area contributed by atoms with Crippen molar-refractivity contribution in [3.05, 3.63) is 58.1 Å². The molecule has 165 valence electrons. The number of nitrogens with one attached hydrogen (secondary N) is 2. The van der Waals surface area contributed by atoms with E-state index in [1.54, 1.807) is 0 Å². The van der Waals surface area contributed by atoms with Gasteiger partial charge in [-0.2, -0.15) is 0 Å². The summed E-state index contributed by atoms with van der Waals surface area (Å²) in [4.78, 5) is 25.9. The van der Waals surface area contributed by atoms with Crippen molar-refractivity contribution in [1.82, 2.24) is 0 Å². The van der Waals surface area contributed by atoms with Gasteiger partial charge in [0.1, 0.15) is 12.3 Å². The molecule has 2 N–H and O–H groups in total. The van der Waals surface area contributed by atoms with E-state index in [0.29, 0.717) is 12.3 Å². The zero-order valence-electron chi connectivity index (χ0n) is 20.1. The second kappa shape index (κ2) is 12.2. The average molecular weight is 516 g/mol. The third kappa shape index (κ3) is 7.48. The maximum Gasteiger partial charge on any atom is 0.261 e. The Labute approximate surface area is 213 Å². The largest absolute Gasteiger partial charge is 0.322 e. The predicted octanol–water partition coefficient (Wildman–Crippen LogP) is 5.86.